The normalized spacial score (nSPS) is 11.6. The Bertz CT molecular complexity index is 348. The maximum absolute atomic E-state index is 11.6. The Morgan fingerprint density at radius 1 is 1.12 bits per heavy atom. The summed E-state index contributed by atoms with van der Waals surface area (Å²) < 4.78 is 43.7. The Morgan fingerprint density at radius 2 is 1.81 bits per heavy atom. The molecular formula is C11H13F3O2. The van der Waals surface area contributed by atoms with Gasteiger partial charge in [0.2, 0.25) is 0 Å². The molecule has 0 saturated carbocycles. The molecule has 0 aliphatic carbocycles. The van der Waals surface area contributed by atoms with Gasteiger partial charge in [-0.05, 0) is 25.5 Å². The Kier molecular flexibility index (Phi) is 4.18. The fourth-order valence-electron chi connectivity index (χ4n) is 1.27. The van der Waals surface area contributed by atoms with Gasteiger partial charge in [-0.3, -0.25) is 4.74 Å². The molecule has 0 bridgehead atoms. The molecule has 90 valence electrons. The van der Waals surface area contributed by atoms with E-state index in [4.69, 9.17) is 4.74 Å². The lowest BCUT2D eigenvalue weighted by Gasteiger charge is -2.11. The van der Waals surface area contributed by atoms with Crippen LogP contribution in [0.2, 0.25) is 0 Å². The molecule has 0 saturated heterocycles. The molecule has 0 fully saturated rings. The highest BCUT2D eigenvalue weighted by Gasteiger charge is 2.28. The number of aryl methyl sites for hydroxylation is 2. The van der Waals surface area contributed by atoms with Crippen molar-refractivity contribution in [3.8, 4) is 5.75 Å². The number of benzene rings is 1. The first kappa shape index (κ1) is 12.8. The number of hydrogen-bond donors (Lipinski definition) is 0. The van der Waals surface area contributed by atoms with Gasteiger partial charge in [0.05, 0.1) is 6.61 Å². The smallest absolute Gasteiger partial charge is 0.491 e. The second-order valence-corrected chi connectivity index (χ2v) is 3.41. The summed E-state index contributed by atoms with van der Waals surface area (Å²) in [5, 5.41) is 0. The highest BCUT2D eigenvalue weighted by Crippen LogP contribution is 2.19. The van der Waals surface area contributed by atoms with Crippen LogP contribution in [0.15, 0.2) is 18.2 Å². The van der Waals surface area contributed by atoms with Crippen LogP contribution >= 0.6 is 0 Å². The lowest BCUT2D eigenvalue weighted by atomic mass is 10.1. The molecule has 1 aromatic carbocycles. The van der Waals surface area contributed by atoms with Gasteiger partial charge >= 0.3 is 6.36 Å². The molecule has 2 nitrogen and oxygen atoms in total. The van der Waals surface area contributed by atoms with Gasteiger partial charge in [-0.15, -0.1) is 13.2 Å². The minimum absolute atomic E-state index is 0.122. The van der Waals surface area contributed by atoms with Gasteiger partial charge in [0.1, 0.15) is 12.4 Å². The Labute approximate surface area is 92.0 Å². The molecule has 0 spiro atoms. The van der Waals surface area contributed by atoms with Gasteiger partial charge in [0, 0.05) is 0 Å². The first-order valence-electron chi connectivity index (χ1n) is 4.79. The molecule has 0 atom stereocenters. The number of ether oxygens (including phenoxy) is 2. The van der Waals surface area contributed by atoms with Crippen molar-refractivity contribution in [2.45, 2.75) is 20.2 Å². The summed E-state index contributed by atoms with van der Waals surface area (Å²) in [6, 6.07) is 5.48. The lowest BCUT2D eigenvalue weighted by molar-refractivity contribution is -0.325. The van der Waals surface area contributed by atoms with Crippen molar-refractivity contribution in [2.24, 2.45) is 0 Å². The Hall–Kier alpha value is -1.23. The van der Waals surface area contributed by atoms with Crippen molar-refractivity contribution in [3.63, 3.8) is 0 Å². The van der Waals surface area contributed by atoms with Crippen molar-refractivity contribution < 1.29 is 22.6 Å². The lowest BCUT2D eigenvalue weighted by Crippen LogP contribution is -2.18. The SMILES string of the molecule is Cc1ccc(OCCOC(F)(F)F)c(C)c1. The van der Waals surface area contributed by atoms with E-state index in [0.29, 0.717) is 5.75 Å². The first-order valence-corrected chi connectivity index (χ1v) is 4.79. The van der Waals surface area contributed by atoms with E-state index in [1.54, 1.807) is 6.07 Å². The number of alkyl halides is 3. The molecule has 0 unspecified atom stereocenters. The predicted octanol–water partition coefficient (Wildman–Crippen LogP) is 3.22. The highest BCUT2D eigenvalue weighted by atomic mass is 19.4. The van der Waals surface area contributed by atoms with Gasteiger partial charge < -0.3 is 4.74 Å². The van der Waals surface area contributed by atoms with Crippen molar-refractivity contribution >= 4 is 0 Å². The summed E-state index contributed by atoms with van der Waals surface area (Å²) in [6.07, 6.45) is -4.59. The van der Waals surface area contributed by atoms with Gasteiger partial charge in [-0.25, -0.2) is 0 Å². The first-order chi connectivity index (χ1) is 7.38. The minimum Gasteiger partial charge on any atom is -0.491 e. The predicted molar refractivity (Wildman–Crippen MR) is 53.4 cm³/mol. The van der Waals surface area contributed by atoms with Crippen molar-refractivity contribution in [1.82, 2.24) is 0 Å². The van der Waals surface area contributed by atoms with Crippen LogP contribution in [-0.2, 0) is 4.74 Å². The van der Waals surface area contributed by atoms with Crippen molar-refractivity contribution in [3.05, 3.63) is 29.3 Å². The van der Waals surface area contributed by atoms with Crippen LogP contribution in [0.5, 0.6) is 5.75 Å². The third-order valence-electron chi connectivity index (χ3n) is 1.94. The summed E-state index contributed by atoms with van der Waals surface area (Å²) >= 11 is 0. The molecule has 0 aliphatic rings. The number of rotatable bonds is 4. The molecule has 0 amide bonds. The standard InChI is InChI=1S/C11H13F3O2/c1-8-3-4-10(9(2)7-8)15-5-6-16-11(12,13)14/h3-4,7H,5-6H2,1-2H3. The van der Waals surface area contributed by atoms with E-state index < -0.39 is 13.0 Å². The van der Waals surface area contributed by atoms with E-state index in [2.05, 4.69) is 4.74 Å². The molecule has 1 aromatic rings. The molecule has 0 radical (unpaired) electrons. The van der Waals surface area contributed by atoms with Gasteiger partial charge in [0.25, 0.3) is 0 Å². The van der Waals surface area contributed by atoms with Crippen LogP contribution in [0.25, 0.3) is 0 Å². The minimum atomic E-state index is -4.59. The second kappa shape index (κ2) is 5.21. The van der Waals surface area contributed by atoms with Crippen LogP contribution in [0, 0.1) is 13.8 Å². The van der Waals surface area contributed by atoms with E-state index in [1.807, 2.05) is 26.0 Å². The zero-order valence-corrected chi connectivity index (χ0v) is 9.10. The fraction of sp³-hybridized carbons (Fsp3) is 0.455. The quantitative estimate of drug-likeness (QED) is 0.745. The van der Waals surface area contributed by atoms with Crippen molar-refractivity contribution in [1.29, 1.82) is 0 Å². The van der Waals surface area contributed by atoms with Crippen LogP contribution in [0.4, 0.5) is 13.2 Å². The average molecular weight is 234 g/mol. The number of halogens is 3. The summed E-state index contributed by atoms with van der Waals surface area (Å²) in [4.78, 5) is 0. The van der Waals surface area contributed by atoms with Crippen LogP contribution in [-0.4, -0.2) is 19.6 Å². The van der Waals surface area contributed by atoms with Gasteiger partial charge in [-0.2, -0.15) is 0 Å². The zero-order chi connectivity index (χ0) is 12.2. The fourth-order valence-corrected chi connectivity index (χ4v) is 1.27. The molecule has 16 heavy (non-hydrogen) atoms. The van der Waals surface area contributed by atoms with Crippen LogP contribution < -0.4 is 4.74 Å². The molecule has 1 rings (SSSR count). The van der Waals surface area contributed by atoms with Gasteiger partial charge in [0.15, 0.2) is 0 Å². The summed E-state index contributed by atoms with van der Waals surface area (Å²) in [5.74, 6) is 0.580. The Morgan fingerprint density at radius 3 is 2.38 bits per heavy atom. The van der Waals surface area contributed by atoms with E-state index >= 15 is 0 Å². The Balaban J connectivity index is 2.38. The average Bonchev–Trinajstić information content (AvgIpc) is 2.13. The maximum Gasteiger partial charge on any atom is 0.522 e. The highest BCUT2D eigenvalue weighted by molar-refractivity contribution is 5.35. The van der Waals surface area contributed by atoms with Gasteiger partial charge in [-0.1, -0.05) is 17.7 Å². The monoisotopic (exact) mass is 234 g/mol. The maximum atomic E-state index is 11.6. The molecular weight excluding hydrogens is 221 g/mol. The summed E-state index contributed by atoms with van der Waals surface area (Å²) in [5.41, 5.74) is 1.98. The molecule has 0 N–H and O–H groups in total. The van der Waals surface area contributed by atoms with Crippen molar-refractivity contribution in [2.75, 3.05) is 13.2 Å². The second-order valence-electron chi connectivity index (χ2n) is 3.41. The molecule has 0 aliphatic heterocycles. The summed E-state index contributed by atoms with van der Waals surface area (Å²) in [7, 11) is 0. The molecule has 0 heterocycles. The van der Waals surface area contributed by atoms with Crippen LogP contribution in [0.1, 0.15) is 11.1 Å². The molecule has 5 heteroatoms. The zero-order valence-electron chi connectivity index (χ0n) is 9.10. The van der Waals surface area contributed by atoms with E-state index in [9.17, 15) is 13.2 Å². The third kappa shape index (κ3) is 4.53. The third-order valence-corrected chi connectivity index (χ3v) is 1.94. The topological polar surface area (TPSA) is 18.5 Å². The largest absolute Gasteiger partial charge is 0.522 e. The van der Waals surface area contributed by atoms with E-state index in [1.165, 1.54) is 0 Å². The molecule has 0 aromatic heterocycles. The number of hydrogen-bond acceptors (Lipinski definition) is 2. The van der Waals surface area contributed by atoms with E-state index in [0.717, 1.165) is 11.1 Å². The van der Waals surface area contributed by atoms with Crippen LogP contribution in [0.3, 0.4) is 0 Å². The van der Waals surface area contributed by atoms with E-state index in [-0.39, 0.29) is 6.61 Å². The summed E-state index contributed by atoms with van der Waals surface area (Å²) in [6.45, 7) is 3.15.